The number of nitrogens with one attached hydrogen (secondary N) is 1. The minimum atomic E-state index is -1.06. The van der Waals surface area contributed by atoms with Crippen LogP contribution in [0.5, 0.6) is 0 Å². The van der Waals surface area contributed by atoms with E-state index in [1.54, 1.807) is 0 Å². The third kappa shape index (κ3) is 6.23. The van der Waals surface area contributed by atoms with Gasteiger partial charge in [-0.25, -0.2) is 4.79 Å². The number of piperidine rings is 1. The summed E-state index contributed by atoms with van der Waals surface area (Å²) in [4.78, 5) is 23.7. The van der Waals surface area contributed by atoms with E-state index in [1.807, 2.05) is 0 Å². The zero-order chi connectivity index (χ0) is 12.7. The maximum Gasteiger partial charge on any atom is 0.329 e. The molecule has 1 rings (SSSR count). The summed E-state index contributed by atoms with van der Waals surface area (Å²) in [7, 11) is 2.07. The molecule has 1 aliphatic rings. The van der Waals surface area contributed by atoms with Crippen molar-refractivity contribution in [3.63, 3.8) is 0 Å². The van der Waals surface area contributed by atoms with Gasteiger partial charge in [-0.15, -0.1) is 0 Å². The van der Waals surface area contributed by atoms with Gasteiger partial charge >= 0.3 is 5.97 Å². The number of hydrogen-bond donors (Lipinski definition) is 2. The Morgan fingerprint density at radius 2 is 2.24 bits per heavy atom. The van der Waals surface area contributed by atoms with E-state index in [1.165, 1.54) is 0 Å². The largest absolute Gasteiger partial charge is 0.480 e. The standard InChI is InChI=1S/C11H20N2O4/c1-13-4-2-3-9(6-13)5-12-10(14)7-17-8-11(15)16/h9H,2-8H2,1H3,(H,12,14)(H,15,16). The van der Waals surface area contributed by atoms with Crippen molar-refractivity contribution >= 4 is 11.9 Å². The molecule has 2 N–H and O–H groups in total. The van der Waals surface area contributed by atoms with Crippen LogP contribution in [0, 0.1) is 5.92 Å². The van der Waals surface area contributed by atoms with E-state index < -0.39 is 12.6 Å². The Bertz CT molecular complexity index is 270. The highest BCUT2D eigenvalue weighted by Crippen LogP contribution is 2.13. The highest BCUT2D eigenvalue weighted by Gasteiger charge is 2.17. The number of carboxylic acids is 1. The molecule has 6 heteroatoms. The van der Waals surface area contributed by atoms with Crippen molar-refractivity contribution in [1.29, 1.82) is 0 Å². The van der Waals surface area contributed by atoms with Gasteiger partial charge in [-0.05, 0) is 32.4 Å². The van der Waals surface area contributed by atoms with Crippen LogP contribution in [-0.4, -0.2) is 61.8 Å². The summed E-state index contributed by atoms with van der Waals surface area (Å²) in [6, 6.07) is 0. The van der Waals surface area contributed by atoms with Crippen molar-refractivity contribution in [2.45, 2.75) is 12.8 Å². The summed E-state index contributed by atoms with van der Waals surface area (Å²) in [5.74, 6) is -0.830. The molecular weight excluding hydrogens is 224 g/mol. The van der Waals surface area contributed by atoms with Crippen LogP contribution in [0.15, 0.2) is 0 Å². The third-order valence-electron chi connectivity index (χ3n) is 2.77. The molecule has 1 heterocycles. The molecule has 6 nitrogen and oxygen atoms in total. The molecule has 0 bridgehead atoms. The number of nitrogens with zero attached hydrogens (tertiary/aromatic N) is 1. The van der Waals surface area contributed by atoms with Crippen LogP contribution in [0.3, 0.4) is 0 Å². The quantitative estimate of drug-likeness (QED) is 0.661. The van der Waals surface area contributed by atoms with Gasteiger partial charge in [0.05, 0.1) is 0 Å². The van der Waals surface area contributed by atoms with Crippen LogP contribution >= 0.6 is 0 Å². The second kappa shape index (κ2) is 7.24. The van der Waals surface area contributed by atoms with Crippen molar-refractivity contribution in [2.75, 3.05) is 39.9 Å². The number of rotatable bonds is 6. The first-order valence-corrected chi connectivity index (χ1v) is 5.82. The van der Waals surface area contributed by atoms with Gasteiger partial charge in [0, 0.05) is 13.1 Å². The molecule has 0 aromatic rings. The molecule has 98 valence electrons. The normalized spacial score (nSPS) is 21.1. The van der Waals surface area contributed by atoms with Crippen LogP contribution in [0.4, 0.5) is 0 Å². The van der Waals surface area contributed by atoms with Crippen molar-refractivity contribution < 1.29 is 19.4 Å². The topological polar surface area (TPSA) is 78.9 Å². The second-order valence-electron chi connectivity index (χ2n) is 4.46. The van der Waals surface area contributed by atoms with Gasteiger partial charge in [0.15, 0.2) is 0 Å². The van der Waals surface area contributed by atoms with Crippen molar-refractivity contribution in [1.82, 2.24) is 10.2 Å². The summed E-state index contributed by atoms with van der Waals surface area (Å²) in [6.45, 7) is 2.14. The molecule has 0 aromatic carbocycles. The van der Waals surface area contributed by atoms with Crippen LogP contribution < -0.4 is 5.32 Å². The van der Waals surface area contributed by atoms with Crippen molar-refractivity contribution in [3.8, 4) is 0 Å². The molecule has 0 aromatic heterocycles. The summed E-state index contributed by atoms with van der Waals surface area (Å²) in [6.07, 6.45) is 2.28. The Morgan fingerprint density at radius 3 is 2.88 bits per heavy atom. The Labute approximate surface area is 101 Å². The molecule has 1 saturated heterocycles. The fourth-order valence-electron chi connectivity index (χ4n) is 1.98. The van der Waals surface area contributed by atoms with Crippen LogP contribution in [-0.2, 0) is 14.3 Å². The number of ether oxygens (including phenoxy) is 1. The summed E-state index contributed by atoms with van der Waals surface area (Å²) in [5, 5.41) is 11.1. The van der Waals surface area contributed by atoms with Gasteiger partial charge in [-0.2, -0.15) is 0 Å². The summed E-state index contributed by atoms with van der Waals surface area (Å²) in [5.41, 5.74) is 0. The van der Waals surface area contributed by atoms with Crippen LogP contribution in [0.2, 0.25) is 0 Å². The molecule has 1 amide bonds. The van der Waals surface area contributed by atoms with E-state index >= 15 is 0 Å². The zero-order valence-electron chi connectivity index (χ0n) is 10.1. The minimum absolute atomic E-state index is 0.186. The number of aliphatic carboxylic acids is 1. The van der Waals surface area contributed by atoms with Crippen LogP contribution in [0.25, 0.3) is 0 Å². The average molecular weight is 244 g/mol. The Morgan fingerprint density at radius 1 is 1.47 bits per heavy atom. The number of hydrogen-bond acceptors (Lipinski definition) is 4. The second-order valence-corrected chi connectivity index (χ2v) is 4.46. The highest BCUT2D eigenvalue weighted by molar-refractivity contribution is 5.77. The van der Waals surface area contributed by atoms with E-state index in [9.17, 15) is 9.59 Å². The molecule has 1 fully saturated rings. The first-order chi connectivity index (χ1) is 8.08. The highest BCUT2D eigenvalue weighted by atomic mass is 16.5. The monoisotopic (exact) mass is 244 g/mol. The maximum absolute atomic E-state index is 11.3. The Kier molecular flexibility index (Phi) is 5.93. The average Bonchev–Trinajstić information content (AvgIpc) is 2.26. The lowest BCUT2D eigenvalue weighted by atomic mass is 9.98. The van der Waals surface area contributed by atoms with Crippen molar-refractivity contribution in [2.24, 2.45) is 5.92 Å². The minimum Gasteiger partial charge on any atom is -0.480 e. The van der Waals surface area contributed by atoms with E-state index in [2.05, 4.69) is 17.3 Å². The lowest BCUT2D eigenvalue weighted by molar-refractivity contribution is -0.143. The third-order valence-corrected chi connectivity index (χ3v) is 2.77. The first-order valence-electron chi connectivity index (χ1n) is 5.82. The molecule has 1 unspecified atom stereocenters. The predicted molar refractivity (Wildman–Crippen MR) is 61.7 cm³/mol. The summed E-state index contributed by atoms with van der Waals surface area (Å²) >= 11 is 0. The molecule has 0 spiro atoms. The molecule has 1 aliphatic heterocycles. The molecule has 0 saturated carbocycles. The van der Waals surface area contributed by atoms with E-state index in [4.69, 9.17) is 9.84 Å². The van der Waals surface area contributed by atoms with Gasteiger partial charge < -0.3 is 20.1 Å². The van der Waals surface area contributed by atoms with Gasteiger partial charge in [-0.3, -0.25) is 4.79 Å². The van der Waals surface area contributed by atoms with Gasteiger partial charge in [0.1, 0.15) is 13.2 Å². The Hall–Kier alpha value is -1.14. The number of amides is 1. The van der Waals surface area contributed by atoms with Crippen molar-refractivity contribution in [3.05, 3.63) is 0 Å². The smallest absolute Gasteiger partial charge is 0.329 e. The SMILES string of the molecule is CN1CCCC(CNC(=O)COCC(=O)O)C1. The lowest BCUT2D eigenvalue weighted by Gasteiger charge is -2.29. The zero-order valence-corrected chi connectivity index (χ0v) is 10.1. The number of carbonyl (C=O) groups is 2. The number of likely N-dealkylation sites (tertiary alicyclic amines) is 1. The molecular formula is C11H20N2O4. The molecule has 1 atom stereocenters. The molecule has 17 heavy (non-hydrogen) atoms. The van der Waals surface area contributed by atoms with E-state index in [-0.39, 0.29) is 12.5 Å². The predicted octanol–water partition coefficient (Wildman–Crippen LogP) is -0.454. The first kappa shape index (κ1) is 13.9. The van der Waals surface area contributed by atoms with Gasteiger partial charge in [0.2, 0.25) is 5.91 Å². The Balaban J connectivity index is 2.08. The fourth-order valence-corrected chi connectivity index (χ4v) is 1.98. The van der Waals surface area contributed by atoms with E-state index in [0.29, 0.717) is 12.5 Å². The van der Waals surface area contributed by atoms with Gasteiger partial charge in [0.25, 0.3) is 0 Å². The van der Waals surface area contributed by atoms with Crippen LogP contribution in [0.1, 0.15) is 12.8 Å². The van der Waals surface area contributed by atoms with E-state index in [0.717, 1.165) is 25.9 Å². The molecule has 0 radical (unpaired) electrons. The summed E-state index contributed by atoms with van der Waals surface area (Å²) < 4.78 is 4.70. The molecule has 0 aliphatic carbocycles. The van der Waals surface area contributed by atoms with Gasteiger partial charge in [-0.1, -0.05) is 0 Å². The number of carboxylic acid groups (broad SMARTS) is 1. The maximum atomic E-state index is 11.3. The fraction of sp³-hybridized carbons (Fsp3) is 0.818. The number of carbonyl (C=O) groups excluding carboxylic acids is 1. The lowest BCUT2D eigenvalue weighted by Crippen LogP contribution is -2.40.